The third kappa shape index (κ3) is 2.97. The van der Waals surface area contributed by atoms with Gasteiger partial charge in [0.2, 0.25) is 0 Å². The molecule has 5 nitrogen and oxygen atoms in total. The largest absolute Gasteiger partial charge is 0.464 e. The van der Waals surface area contributed by atoms with Crippen LogP contribution in [0.25, 0.3) is 0 Å². The lowest BCUT2D eigenvalue weighted by molar-refractivity contribution is 0.0593. The van der Waals surface area contributed by atoms with Crippen molar-refractivity contribution in [2.75, 3.05) is 12.4 Å². The van der Waals surface area contributed by atoms with Crippen LogP contribution in [0, 0.1) is 5.92 Å². The number of carbonyl (C=O) groups excluding carboxylic acids is 1. The molecule has 98 valence electrons. The lowest BCUT2D eigenvalue weighted by Crippen LogP contribution is -2.24. The van der Waals surface area contributed by atoms with Gasteiger partial charge in [-0.1, -0.05) is 12.8 Å². The van der Waals surface area contributed by atoms with E-state index in [4.69, 9.17) is 0 Å². The Morgan fingerprint density at radius 3 is 2.67 bits per heavy atom. The highest BCUT2D eigenvalue weighted by Gasteiger charge is 2.21. The van der Waals surface area contributed by atoms with Gasteiger partial charge in [0.05, 0.1) is 7.11 Å². The maximum absolute atomic E-state index is 11.2. The highest BCUT2D eigenvalue weighted by molar-refractivity contribution is 5.86. The molecule has 1 N–H and O–H groups in total. The first-order valence-corrected chi connectivity index (χ1v) is 6.39. The van der Waals surface area contributed by atoms with Gasteiger partial charge in [-0.2, -0.15) is 0 Å². The quantitative estimate of drug-likeness (QED) is 0.829. The predicted molar refractivity (Wildman–Crippen MR) is 68.4 cm³/mol. The fourth-order valence-corrected chi connectivity index (χ4v) is 2.43. The van der Waals surface area contributed by atoms with Crippen LogP contribution in [0.3, 0.4) is 0 Å². The fraction of sp³-hybridized carbons (Fsp3) is 0.615. The number of aromatic nitrogens is 2. The number of ether oxygens (including phenoxy) is 1. The van der Waals surface area contributed by atoms with Gasteiger partial charge in [0.15, 0.2) is 5.69 Å². The minimum atomic E-state index is -0.460. The van der Waals surface area contributed by atoms with Crippen LogP contribution >= 0.6 is 0 Å². The van der Waals surface area contributed by atoms with E-state index in [0.717, 1.165) is 0 Å². The van der Waals surface area contributed by atoms with E-state index in [1.165, 1.54) is 32.8 Å². The number of hydrogen-bond donors (Lipinski definition) is 1. The zero-order valence-electron chi connectivity index (χ0n) is 10.8. The van der Waals surface area contributed by atoms with Crippen LogP contribution in [0.2, 0.25) is 0 Å². The summed E-state index contributed by atoms with van der Waals surface area (Å²) in [6, 6.07) is 3.79. The number of anilines is 1. The Labute approximate surface area is 107 Å². The van der Waals surface area contributed by atoms with Crippen LogP contribution < -0.4 is 5.32 Å². The van der Waals surface area contributed by atoms with Crippen molar-refractivity contribution in [3.05, 3.63) is 17.8 Å². The Bertz CT molecular complexity index is 399. The van der Waals surface area contributed by atoms with Crippen molar-refractivity contribution in [2.24, 2.45) is 5.92 Å². The number of nitrogens with zero attached hydrogens (tertiary/aromatic N) is 2. The maximum atomic E-state index is 11.2. The van der Waals surface area contributed by atoms with Crippen molar-refractivity contribution >= 4 is 11.8 Å². The van der Waals surface area contributed by atoms with Crippen LogP contribution in [0.5, 0.6) is 0 Å². The van der Waals surface area contributed by atoms with Crippen LogP contribution in [-0.2, 0) is 4.74 Å². The number of hydrogen-bond acceptors (Lipinski definition) is 5. The predicted octanol–water partition coefficient (Wildman–Crippen LogP) is 2.25. The molecule has 2 rings (SSSR count). The monoisotopic (exact) mass is 249 g/mol. The summed E-state index contributed by atoms with van der Waals surface area (Å²) in [5.74, 6) is 0.965. The van der Waals surface area contributed by atoms with E-state index in [9.17, 15) is 4.79 Å². The number of nitrogens with one attached hydrogen (secondary N) is 1. The second-order valence-corrected chi connectivity index (χ2v) is 4.77. The summed E-state index contributed by atoms with van der Waals surface area (Å²) in [6.07, 6.45) is 5.21. The molecule has 0 aliphatic heterocycles. The van der Waals surface area contributed by atoms with Crippen LogP contribution in [0.4, 0.5) is 5.82 Å². The van der Waals surface area contributed by atoms with Crippen LogP contribution in [0.1, 0.15) is 43.1 Å². The van der Waals surface area contributed by atoms with E-state index >= 15 is 0 Å². The van der Waals surface area contributed by atoms with E-state index < -0.39 is 5.97 Å². The molecule has 1 aliphatic carbocycles. The molecule has 0 amide bonds. The highest BCUT2D eigenvalue weighted by Crippen LogP contribution is 2.28. The summed E-state index contributed by atoms with van der Waals surface area (Å²) in [5.41, 5.74) is 0.233. The maximum Gasteiger partial charge on any atom is 0.358 e. The summed E-state index contributed by atoms with van der Waals surface area (Å²) >= 11 is 0. The van der Waals surface area contributed by atoms with Gasteiger partial charge in [-0.25, -0.2) is 4.79 Å². The summed E-state index contributed by atoms with van der Waals surface area (Å²) in [6.45, 7) is 2.17. The Hall–Kier alpha value is -1.65. The van der Waals surface area contributed by atoms with Crippen molar-refractivity contribution in [1.82, 2.24) is 10.2 Å². The number of esters is 1. The van der Waals surface area contributed by atoms with Gasteiger partial charge < -0.3 is 10.1 Å². The smallest absolute Gasteiger partial charge is 0.358 e. The average Bonchev–Trinajstić information content (AvgIpc) is 2.92. The molecule has 0 saturated heterocycles. The molecular weight excluding hydrogens is 230 g/mol. The van der Waals surface area contributed by atoms with E-state index in [1.807, 2.05) is 0 Å². The lowest BCUT2D eigenvalue weighted by Gasteiger charge is -2.20. The summed E-state index contributed by atoms with van der Waals surface area (Å²) in [5, 5.41) is 11.2. The molecule has 1 aromatic heterocycles. The van der Waals surface area contributed by atoms with Gasteiger partial charge >= 0.3 is 5.97 Å². The molecule has 0 bridgehead atoms. The van der Waals surface area contributed by atoms with Gasteiger partial charge in [-0.05, 0) is 37.8 Å². The topological polar surface area (TPSA) is 64.1 Å². The van der Waals surface area contributed by atoms with E-state index in [0.29, 0.717) is 17.8 Å². The van der Waals surface area contributed by atoms with Gasteiger partial charge in [0, 0.05) is 6.04 Å². The highest BCUT2D eigenvalue weighted by atomic mass is 16.5. The third-order valence-corrected chi connectivity index (χ3v) is 3.54. The molecule has 1 aliphatic rings. The first-order valence-electron chi connectivity index (χ1n) is 6.39. The first-order chi connectivity index (χ1) is 8.70. The molecule has 0 spiro atoms. The number of rotatable bonds is 4. The van der Waals surface area contributed by atoms with Crippen molar-refractivity contribution in [2.45, 2.75) is 38.6 Å². The van der Waals surface area contributed by atoms with Gasteiger partial charge in [-0.3, -0.25) is 0 Å². The molecule has 0 aromatic carbocycles. The van der Waals surface area contributed by atoms with E-state index in [2.05, 4.69) is 27.2 Å². The molecule has 18 heavy (non-hydrogen) atoms. The second kappa shape index (κ2) is 5.80. The van der Waals surface area contributed by atoms with Gasteiger partial charge in [0.1, 0.15) is 5.82 Å². The lowest BCUT2D eigenvalue weighted by atomic mass is 10.00. The fourth-order valence-electron chi connectivity index (χ4n) is 2.43. The van der Waals surface area contributed by atoms with Gasteiger partial charge in [0.25, 0.3) is 0 Å². The molecule has 1 heterocycles. The summed E-state index contributed by atoms with van der Waals surface area (Å²) in [7, 11) is 1.33. The minimum absolute atomic E-state index is 0.233. The summed E-state index contributed by atoms with van der Waals surface area (Å²) < 4.78 is 4.58. The Kier molecular flexibility index (Phi) is 4.12. The van der Waals surface area contributed by atoms with Gasteiger partial charge in [-0.15, -0.1) is 10.2 Å². The molecule has 1 saturated carbocycles. The normalized spacial score (nSPS) is 17.4. The zero-order chi connectivity index (χ0) is 13.0. The minimum Gasteiger partial charge on any atom is -0.464 e. The third-order valence-electron chi connectivity index (χ3n) is 3.54. The van der Waals surface area contributed by atoms with Crippen LogP contribution in [0.15, 0.2) is 12.1 Å². The van der Waals surface area contributed by atoms with Crippen LogP contribution in [-0.4, -0.2) is 29.3 Å². The molecule has 1 fully saturated rings. The summed E-state index contributed by atoms with van der Waals surface area (Å²) in [4.78, 5) is 11.2. The second-order valence-electron chi connectivity index (χ2n) is 4.77. The first kappa shape index (κ1) is 12.8. The van der Waals surface area contributed by atoms with Crippen molar-refractivity contribution in [3.8, 4) is 0 Å². The molecule has 1 atom stereocenters. The Balaban J connectivity index is 1.95. The Morgan fingerprint density at radius 1 is 1.39 bits per heavy atom. The molecule has 1 aromatic rings. The van der Waals surface area contributed by atoms with E-state index in [1.54, 1.807) is 12.1 Å². The molecule has 5 heteroatoms. The van der Waals surface area contributed by atoms with Crippen molar-refractivity contribution in [3.63, 3.8) is 0 Å². The number of methoxy groups -OCH3 is 1. The standard InChI is InChI=1S/C13H19N3O2/c1-9(10-5-3-4-6-10)14-12-8-7-11(15-16-12)13(17)18-2/h7-10H,3-6H2,1-2H3,(H,14,16). The van der Waals surface area contributed by atoms with Crippen molar-refractivity contribution < 1.29 is 9.53 Å². The molecular formula is C13H19N3O2. The zero-order valence-corrected chi connectivity index (χ0v) is 10.8. The number of carbonyl (C=O) groups is 1. The van der Waals surface area contributed by atoms with Crippen molar-refractivity contribution in [1.29, 1.82) is 0 Å². The Morgan fingerprint density at radius 2 is 2.11 bits per heavy atom. The van der Waals surface area contributed by atoms with E-state index in [-0.39, 0.29) is 5.69 Å². The molecule has 1 unspecified atom stereocenters. The average molecular weight is 249 g/mol. The SMILES string of the molecule is COC(=O)c1ccc(NC(C)C2CCCC2)nn1. The molecule has 0 radical (unpaired) electrons.